The lowest BCUT2D eigenvalue weighted by Crippen LogP contribution is -2.10. The number of aliphatic carboxylic acids is 1. The monoisotopic (exact) mass is 247 g/mol. The van der Waals surface area contributed by atoms with E-state index < -0.39 is 5.97 Å². The highest BCUT2D eigenvalue weighted by Crippen LogP contribution is 2.32. The number of methoxy groups -OCH3 is 1. The molecule has 0 aliphatic rings. The minimum absolute atomic E-state index is 0.0250. The zero-order chi connectivity index (χ0) is 13.4. The molecule has 0 unspecified atom stereocenters. The second-order valence-corrected chi connectivity index (χ2v) is 4.55. The summed E-state index contributed by atoms with van der Waals surface area (Å²) in [5.74, 6) is -0.0415. The Hall–Kier alpha value is -1.97. The number of benzene rings is 1. The van der Waals surface area contributed by atoms with Gasteiger partial charge in [0.1, 0.15) is 12.3 Å². The van der Waals surface area contributed by atoms with E-state index in [2.05, 4.69) is 0 Å². The number of carbonyl (C=O) groups is 1. The fraction of sp³-hybridized carbons (Fsp3) is 0.357. The quantitative estimate of drug-likeness (QED) is 0.907. The maximum Gasteiger partial charge on any atom is 0.323 e. The maximum atomic E-state index is 11.0. The van der Waals surface area contributed by atoms with Crippen molar-refractivity contribution in [3.8, 4) is 5.75 Å². The molecule has 1 aromatic carbocycles. The number of nitrogens with zero attached hydrogens (tertiary/aromatic N) is 1. The Labute approximate surface area is 106 Å². The molecule has 0 atom stereocenters. The number of rotatable bonds is 3. The number of carboxylic acids is 1. The average molecular weight is 247 g/mol. The predicted octanol–water partition coefficient (Wildman–Crippen LogP) is 2.66. The van der Waals surface area contributed by atoms with Crippen molar-refractivity contribution < 1.29 is 14.6 Å². The first-order valence-corrected chi connectivity index (χ1v) is 5.81. The summed E-state index contributed by atoms with van der Waals surface area (Å²) in [4.78, 5) is 11.0. The Bertz CT molecular complexity index is 626. The highest BCUT2D eigenvalue weighted by molar-refractivity contribution is 5.90. The van der Waals surface area contributed by atoms with Crippen LogP contribution in [0.25, 0.3) is 10.9 Å². The molecule has 1 aromatic heterocycles. The van der Waals surface area contributed by atoms with Crippen LogP contribution >= 0.6 is 0 Å². The van der Waals surface area contributed by atoms with Gasteiger partial charge in [0, 0.05) is 16.6 Å². The lowest BCUT2D eigenvalue weighted by molar-refractivity contribution is -0.137. The van der Waals surface area contributed by atoms with Crippen molar-refractivity contribution in [2.75, 3.05) is 7.11 Å². The number of ether oxygens (including phenoxy) is 1. The van der Waals surface area contributed by atoms with Gasteiger partial charge in [0.05, 0.1) is 12.6 Å². The molecule has 0 fully saturated rings. The number of fused-ring (bicyclic) bond motifs is 1. The molecule has 2 aromatic rings. The highest BCUT2D eigenvalue weighted by Gasteiger charge is 2.15. The first-order chi connectivity index (χ1) is 8.45. The Morgan fingerprint density at radius 1 is 1.33 bits per heavy atom. The van der Waals surface area contributed by atoms with Gasteiger partial charge in [-0.1, -0.05) is 0 Å². The standard InChI is InChI=1S/C14H17NO3/c1-8-5-12(18-4)10(3)14-11(8)6-9(2)15(14)7-13(16)17/h5-6H,7H2,1-4H3,(H,16,17). The smallest absolute Gasteiger partial charge is 0.323 e. The van der Waals surface area contributed by atoms with E-state index in [4.69, 9.17) is 9.84 Å². The Balaban J connectivity index is 2.82. The summed E-state index contributed by atoms with van der Waals surface area (Å²) in [6.45, 7) is 5.87. The molecular weight excluding hydrogens is 230 g/mol. The van der Waals surface area contributed by atoms with Crippen LogP contribution in [0.2, 0.25) is 0 Å². The van der Waals surface area contributed by atoms with Gasteiger partial charge in [-0.2, -0.15) is 0 Å². The van der Waals surface area contributed by atoms with Gasteiger partial charge in [0.15, 0.2) is 0 Å². The number of hydrogen-bond donors (Lipinski definition) is 1. The summed E-state index contributed by atoms with van der Waals surface area (Å²) in [5, 5.41) is 10.1. The Morgan fingerprint density at radius 2 is 2.00 bits per heavy atom. The molecule has 1 N–H and O–H groups in total. The molecule has 0 saturated carbocycles. The lowest BCUT2D eigenvalue weighted by Gasteiger charge is -2.12. The molecule has 0 saturated heterocycles. The summed E-state index contributed by atoms with van der Waals surface area (Å²) < 4.78 is 7.16. The van der Waals surface area contributed by atoms with Gasteiger partial charge in [-0.3, -0.25) is 4.79 Å². The largest absolute Gasteiger partial charge is 0.496 e. The molecule has 1 heterocycles. The summed E-state index contributed by atoms with van der Waals surface area (Å²) in [7, 11) is 1.63. The molecule has 96 valence electrons. The van der Waals surface area contributed by atoms with Crippen molar-refractivity contribution in [3.05, 3.63) is 29.0 Å². The number of carboxylic acid groups (broad SMARTS) is 1. The van der Waals surface area contributed by atoms with Crippen molar-refractivity contribution >= 4 is 16.9 Å². The predicted molar refractivity (Wildman–Crippen MR) is 70.3 cm³/mol. The molecule has 0 aliphatic carbocycles. The highest BCUT2D eigenvalue weighted by atomic mass is 16.5. The van der Waals surface area contributed by atoms with Gasteiger partial charge >= 0.3 is 5.97 Å². The normalized spacial score (nSPS) is 10.9. The van der Waals surface area contributed by atoms with Crippen LogP contribution in [0.5, 0.6) is 5.75 Å². The van der Waals surface area contributed by atoms with E-state index in [0.29, 0.717) is 0 Å². The van der Waals surface area contributed by atoms with Crippen molar-refractivity contribution in [1.82, 2.24) is 4.57 Å². The van der Waals surface area contributed by atoms with Crippen LogP contribution in [-0.4, -0.2) is 22.8 Å². The van der Waals surface area contributed by atoms with Crippen molar-refractivity contribution in [3.63, 3.8) is 0 Å². The van der Waals surface area contributed by atoms with Crippen molar-refractivity contribution in [2.24, 2.45) is 0 Å². The van der Waals surface area contributed by atoms with E-state index in [-0.39, 0.29) is 6.54 Å². The van der Waals surface area contributed by atoms with Crippen LogP contribution in [0, 0.1) is 20.8 Å². The molecule has 0 aliphatic heterocycles. The van der Waals surface area contributed by atoms with E-state index in [1.165, 1.54) is 0 Å². The third kappa shape index (κ3) is 1.83. The SMILES string of the molecule is COc1cc(C)c2cc(C)n(CC(=O)O)c2c1C. The number of aryl methyl sites for hydroxylation is 3. The van der Waals surface area contributed by atoms with Gasteiger partial charge in [0.25, 0.3) is 0 Å². The van der Waals surface area contributed by atoms with Gasteiger partial charge < -0.3 is 14.4 Å². The van der Waals surface area contributed by atoms with Gasteiger partial charge in [-0.15, -0.1) is 0 Å². The van der Waals surface area contributed by atoms with E-state index in [1.807, 2.05) is 37.5 Å². The summed E-state index contributed by atoms with van der Waals surface area (Å²) in [6, 6.07) is 4.02. The maximum absolute atomic E-state index is 11.0. The van der Waals surface area contributed by atoms with E-state index in [1.54, 1.807) is 7.11 Å². The van der Waals surface area contributed by atoms with Crippen molar-refractivity contribution in [2.45, 2.75) is 27.3 Å². The van der Waals surface area contributed by atoms with Crippen molar-refractivity contribution in [1.29, 1.82) is 0 Å². The molecule has 0 bridgehead atoms. The van der Waals surface area contributed by atoms with Crippen LogP contribution in [-0.2, 0) is 11.3 Å². The second kappa shape index (κ2) is 4.37. The second-order valence-electron chi connectivity index (χ2n) is 4.55. The first-order valence-electron chi connectivity index (χ1n) is 5.81. The van der Waals surface area contributed by atoms with E-state index in [9.17, 15) is 4.79 Å². The molecular formula is C14H17NO3. The van der Waals surface area contributed by atoms with Crippen LogP contribution in [0.1, 0.15) is 16.8 Å². The minimum Gasteiger partial charge on any atom is -0.496 e. The van der Waals surface area contributed by atoms with Crippen LogP contribution in [0.15, 0.2) is 12.1 Å². The topological polar surface area (TPSA) is 51.5 Å². The van der Waals surface area contributed by atoms with E-state index in [0.717, 1.165) is 33.5 Å². The van der Waals surface area contributed by atoms with Crippen LogP contribution < -0.4 is 4.74 Å². The van der Waals surface area contributed by atoms with Gasteiger partial charge in [-0.25, -0.2) is 0 Å². The molecule has 4 nitrogen and oxygen atoms in total. The summed E-state index contributed by atoms with van der Waals surface area (Å²) >= 11 is 0. The minimum atomic E-state index is -0.838. The molecule has 0 radical (unpaired) electrons. The third-order valence-corrected chi connectivity index (χ3v) is 3.31. The Morgan fingerprint density at radius 3 is 2.56 bits per heavy atom. The lowest BCUT2D eigenvalue weighted by atomic mass is 10.1. The average Bonchev–Trinajstić information content (AvgIpc) is 2.61. The van der Waals surface area contributed by atoms with Gasteiger partial charge in [-0.05, 0) is 38.5 Å². The molecule has 0 spiro atoms. The zero-order valence-electron chi connectivity index (χ0n) is 11.1. The zero-order valence-corrected chi connectivity index (χ0v) is 11.1. The van der Waals surface area contributed by atoms with E-state index >= 15 is 0 Å². The fourth-order valence-electron chi connectivity index (χ4n) is 2.43. The van der Waals surface area contributed by atoms with Crippen LogP contribution in [0.4, 0.5) is 0 Å². The molecule has 2 rings (SSSR count). The fourth-order valence-corrected chi connectivity index (χ4v) is 2.43. The van der Waals surface area contributed by atoms with Crippen LogP contribution in [0.3, 0.4) is 0 Å². The first kappa shape index (κ1) is 12.5. The number of hydrogen-bond acceptors (Lipinski definition) is 2. The van der Waals surface area contributed by atoms with Gasteiger partial charge in [0.2, 0.25) is 0 Å². The molecule has 18 heavy (non-hydrogen) atoms. The molecule has 4 heteroatoms. The number of aromatic nitrogens is 1. The summed E-state index contributed by atoms with van der Waals surface area (Å²) in [5.41, 5.74) is 3.98. The molecule has 0 amide bonds. The summed E-state index contributed by atoms with van der Waals surface area (Å²) in [6.07, 6.45) is 0. The Kier molecular flexibility index (Phi) is 3.03. The third-order valence-electron chi connectivity index (χ3n) is 3.31.